The van der Waals surface area contributed by atoms with Gasteiger partial charge in [-0.2, -0.15) is 0 Å². The number of piperidine rings is 1. The van der Waals surface area contributed by atoms with Crippen molar-refractivity contribution in [3.8, 4) is 0 Å². The third kappa shape index (κ3) is 4.96. The summed E-state index contributed by atoms with van der Waals surface area (Å²) in [5, 5.41) is 2.92. The van der Waals surface area contributed by atoms with E-state index in [4.69, 9.17) is 0 Å². The maximum atomic E-state index is 10.9. The lowest BCUT2D eigenvalue weighted by Gasteiger charge is -2.32. The van der Waals surface area contributed by atoms with E-state index in [1.54, 1.807) is 6.92 Å². The van der Waals surface area contributed by atoms with Crippen LogP contribution >= 0.6 is 15.9 Å². The molecule has 1 aromatic carbocycles. The molecule has 0 atom stereocenters. The van der Waals surface area contributed by atoms with Crippen molar-refractivity contribution in [2.75, 3.05) is 19.6 Å². The molecule has 1 amide bonds. The summed E-state index contributed by atoms with van der Waals surface area (Å²) in [6.45, 7) is 5.68. The summed E-state index contributed by atoms with van der Waals surface area (Å²) in [5.41, 5.74) is 1.36. The summed E-state index contributed by atoms with van der Waals surface area (Å²) in [4.78, 5) is 13.4. The Bertz CT molecular complexity index is 428. The fraction of sp³-hybridized carbons (Fsp3) is 0.533. The molecule has 1 saturated heterocycles. The van der Waals surface area contributed by atoms with Crippen LogP contribution in [0.25, 0.3) is 0 Å². The summed E-state index contributed by atoms with van der Waals surface area (Å²) >= 11 is 3.51. The van der Waals surface area contributed by atoms with E-state index in [9.17, 15) is 4.79 Å². The van der Waals surface area contributed by atoms with E-state index in [0.717, 1.165) is 30.7 Å². The first-order valence-corrected chi connectivity index (χ1v) is 7.64. The number of nitrogens with one attached hydrogen (secondary N) is 1. The third-order valence-corrected chi connectivity index (χ3v) is 4.14. The Morgan fingerprint density at radius 2 is 2.16 bits per heavy atom. The summed E-state index contributed by atoms with van der Waals surface area (Å²) in [7, 11) is 0. The van der Waals surface area contributed by atoms with Crippen LogP contribution < -0.4 is 5.32 Å². The fourth-order valence-corrected chi connectivity index (χ4v) is 2.98. The van der Waals surface area contributed by atoms with Gasteiger partial charge in [0.1, 0.15) is 0 Å². The Labute approximate surface area is 123 Å². The number of likely N-dealkylation sites (tertiary alicyclic amines) is 1. The van der Waals surface area contributed by atoms with Gasteiger partial charge in [0.2, 0.25) is 5.91 Å². The van der Waals surface area contributed by atoms with Crippen molar-refractivity contribution < 1.29 is 4.79 Å². The maximum absolute atomic E-state index is 10.9. The zero-order chi connectivity index (χ0) is 13.7. The number of carbonyl (C=O) groups is 1. The van der Waals surface area contributed by atoms with Crippen LogP contribution in [-0.4, -0.2) is 30.4 Å². The van der Waals surface area contributed by atoms with Crippen molar-refractivity contribution in [1.82, 2.24) is 10.2 Å². The molecule has 0 bridgehead atoms. The molecule has 0 saturated carbocycles. The van der Waals surface area contributed by atoms with Gasteiger partial charge in [-0.15, -0.1) is 0 Å². The molecule has 0 spiro atoms. The van der Waals surface area contributed by atoms with Crippen molar-refractivity contribution in [2.24, 2.45) is 5.92 Å². The Kier molecular flexibility index (Phi) is 5.40. The molecule has 104 valence electrons. The minimum atomic E-state index is 0.0802. The molecule has 1 aliphatic rings. The monoisotopic (exact) mass is 324 g/mol. The number of benzene rings is 1. The van der Waals surface area contributed by atoms with E-state index in [1.807, 2.05) is 0 Å². The maximum Gasteiger partial charge on any atom is 0.216 e. The summed E-state index contributed by atoms with van der Waals surface area (Å²) in [5.74, 6) is 0.722. The second kappa shape index (κ2) is 7.06. The zero-order valence-electron chi connectivity index (χ0n) is 11.4. The molecule has 3 nitrogen and oxygen atoms in total. The van der Waals surface area contributed by atoms with Crippen molar-refractivity contribution in [1.29, 1.82) is 0 Å². The standard InChI is InChI=1S/C15H21BrN2O/c1-12(19)17-10-13-5-7-18(8-6-13)11-14-3-2-4-15(16)9-14/h2-4,9,13H,5-8,10-11H2,1H3,(H,17,19). The lowest BCUT2D eigenvalue weighted by Crippen LogP contribution is -2.37. The Morgan fingerprint density at radius 1 is 1.42 bits per heavy atom. The van der Waals surface area contributed by atoms with E-state index in [0.29, 0.717) is 5.92 Å². The van der Waals surface area contributed by atoms with Gasteiger partial charge in [0, 0.05) is 24.5 Å². The number of hydrogen-bond donors (Lipinski definition) is 1. The van der Waals surface area contributed by atoms with Gasteiger partial charge in [0.25, 0.3) is 0 Å². The number of rotatable bonds is 4. The van der Waals surface area contributed by atoms with Crippen LogP contribution in [0.5, 0.6) is 0 Å². The summed E-state index contributed by atoms with van der Waals surface area (Å²) in [6, 6.07) is 8.50. The molecule has 0 aromatic heterocycles. The summed E-state index contributed by atoms with van der Waals surface area (Å²) < 4.78 is 1.14. The highest BCUT2D eigenvalue weighted by atomic mass is 79.9. The van der Waals surface area contributed by atoms with Gasteiger partial charge in [-0.1, -0.05) is 28.1 Å². The highest BCUT2D eigenvalue weighted by molar-refractivity contribution is 9.10. The van der Waals surface area contributed by atoms with Gasteiger partial charge < -0.3 is 5.32 Å². The molecular weight excluding hydrogens is 304 g/mol. The van der Waals surface area contributed by atoms with Crippen LogP contribution in [0, 0.1) is 5.92 Å². The SMILES string of the molecule is CC(=O)NCC1CCN(Cc2cccc(Br)c2)CC1. The molecule has 0 aliphatic carbocycles. The summed E-state index contributed by atoms with van der Waals surface area (Å²) in [6.07, 6.45) is 2.35. The van der Waals surface area contributed by atoms with Crippen LogP contribution in [0.1, 0.15) is 25.3 Å². The second-order valence-corrected chi connectivity index (χ2v) is 6.20. The number of halogens is 1. The van der Waals surface area contributed by atoms with Gasteiger partial charge in [0.15, 0.2) is 0 Å². The third-order valence-electron chi connectivity index (χ3n) is 3.64. The Morgan fingerprint density at radius 3 is 2.79 bits per heavy atom. The van der Waals surface area contributed by atoms with Gasteiger partial charge in [0.05, 0.1) is 0 Å². The fourth-order valence-electron chi connectivity index (χ4n) is 2.53. The first-order valence-electron chi connectivity index (χ1n) is 6.85. The Hall–Kier alpha value is -0.870. The predicted octanol–water partition coefficient (Wildman–Crippen LogP) is 2.80. The van der Waals surface area contributed by atoms with E-state index >= 15 is 0 Å². The minimum absolute atomic E-state index is 0.0802. The molecule has 1 fully saturated rings. The quantitative estimate of drug-likeness (QED) is 0.923. The molecule has 1 aliphatic heterocycles. The molecular formula is C15H21BrN2O. The first-order chi connectivity index (χ1) is 9.13. The van der Waals surface area contributed by atoms with Crippen LogP contribution in [-0.2, 0) is 11.3 Å². The van der Waals surface area contributed by atoms with Crippen molar-refractivity contribution in [2.45, 2.75) is 26.3 Å². The first kappa shape index (κ1) is 14.5. The molecule has 1 heterocycles. The van der Waals surface area contributed by atoms with Gasteiger partial charge in [-0.25, -0.2) is 0 Å². The molecule has 0 unspecified atom stereocenters. The highest BCUT2D eigenvalue weighted by Gasteiger charge is 2.19. The van der Waals surface area contributed by atoms with Gasteiger partial charge >= 0.3 is 0 Å². The predicted molar refractivity (Wildman–Crippen MR) is 80.8 cm³/mol. The van der Waals surface area contributed by atoms with Crippen molar-refractivity contribution in [3.05, 3.63) is 34.3 Å². The highest BCUT2D eigenvalue weighted by Crippen LogP contribution is 2.19. The number of nitrogens with zero attached hydrogens (tertiary/aromatic N) is 1. The number of amides is 1. The molecule has 4 heteroatoms. The lowest BCUT2D eigenvalue weighted by molar-refractivity contribution is -0.119. The lowest BCUT2D eigenvalue weighted by atomic mass is 9.96. The smallest absolute Gasteiger partial charge is 0.216 e. The second-order valence-electron chi connectivity index (χ2n) is 5.29. The zero-order valence-corrected chi connectivity index (χ0v) is 12.9. The van der Waals surface area contributed by atoms with Crippen LogP contribution in [0.15, 0.2) is 28.7 Å². The number of hydrogen-bond acceptors (Lipinski definition) is 2. The van der Waals surface area contributed by atoms with E-state index in [1.165, 1.54) is 18.4 Å². The molecule has 1 aromatic rings. The van der Waals surface area contributed by atoms with Crippen LogP contribution in [0.2, 0.25) is 0 Å². The normalized spacial score (nSPS) is 17.4. The molecule has 19 heavy (non-hydrogen) atoms. The van der Waals surface area contributed by atoms with Crippen LogP contribution in [0.4, 0.5) is 0 Å². The largest absolute Gasteiger partial charge is 0.356 e. The molecule has 0 radical (unpaired) electrons. The Balaban J connectivity index is 1.75. The van der Waals surface area contributed by atoms with Crippen LogP contribution in [0.3, 0.4) is 0 Å². The topological polar surface area (TPSA) is 32.3 Å². The number of carbonyl (C=O) groups excluding carboxylic acids is 1. The van der Waals surface area contributed by atoms with Crippen molar-refractivity contribution in [3.63, 3.8) is 0 Å². The van der Waals surface area contributed by atoms with Gasteiger partial charge in [-0.3, -0.25) is 9.69 Å². The van der Waals surface area contributed by atoms with Gasteiger partial charge in [-0.05, 0) is 49.5 Å². The van der Waals surface area contributed by atoms with E-state index in [2.05, 4.69) is 50.4 Å². The molecule has 2 rings (SSSR count). The molecule has 1 N–H and O–H groups in total. The minimum Gasteiger partial charge on any atom is -0.356 e. The van der Waals surface area contributed by atoms with E-state index < -0.39 is 0 Å². The van der Waals surface area contributed by atoms with Crippen molar-refractivity contribution >= 4 is 21.8 Å². The average molecular weight is 325 g/mol. The average Bonchev–Trinajstić information content (AvgIpc) is 2.38. The van der Waals surface area contributed by atoms with E-state index in [-0.39, 0.29) is 5.91 Å².